The lowest BCUT2D eigenvalue weighted by atomic mass is 10.1. The first-order valence-corrected chi connectivity index (χ1v) is 5.78. The number of carboxylic acids is 1. The molecular weight excluding hydrogens is 218 g/mol. The number of aliphatic carboxylic acids is 1. The predicted octanol–water partition coefficient (Wildman–Crippen LogP) is 1.71. The summed E-state index contributed by atoms with van der Waals surface area (Å²) in [4.78, 5) is 13.2. The molecule has 4 nitrogen and oxygen atoms in total. The highest BCUT2D eigenvalue weighted by Crippen LogP contribution is 2.30. The van der Waals surface area contributed by atoms with Gasteiger partial charge in [0.05, 0.1) is 6.61 Å². The van der Waals surface area contributed by atoms with Crippen molar-refractivity contribution in [2.24, 2.45) is 0 Å². The number of likely N-dealkylation sites (N-methyl/N-ethyl adjacent to an activating group) is 1. The Bertz CT molecular complexity index is 393. The van der Waals surface area contributed by atoms with Gasteiger partial charge in [0, 0.05) is 13.0 Å². The number of ether oxygens (including phenoxy) is 1. The maximum absolute atomic E-state index is 11.4. The summed E-state index contributed by atoms with van der Waals surface area (Å²) in [6, 6.07) is 9.64. The number of carboxylic acid groups (broad SMARTS) is 1. The normalized spacial score (nSPS) is 25.0. The molecule has 1 aromatic carbocycles. The van der Waals surface area contributed by atoms with Crippen LogP contribution in [0, 0.1) is 0 Å². The maximum atomic E-state index is 11.4. The zero-order valence-corrected chi connectivity index (χ0v) is 9.93. The minimum absolute atomic E-state index is 0.331. The molecule has 92 valence electrons. The van der Waals surface area contributed by atoms with Gasteiger partial charge in [-0.15, -0.1) is 0 Å². The molecule has 1 aliphatic heterocycles. The van der Waals surface area contributed by atoms with Crippen molar-refractivity contribution in [2.75, 3.05) is 13.6 Å². The Morgan fingerprint density at radius 3 is 2.71 bits per heavy atom. The second kappa shape index (κ2) is 4.85. The highest BCUT2D eigenvalue weighted by Gasteiger charge is 2.47. The van der Waals surface area contributed by atoms with Gasteiger partial charge in [0.25, 0.3) is 0 Å². The number of hydrogen-bond donors (Lipinski definition) is 1. The van der Waals surface area contributed by atoms with Crippen molar-refractivity contribution >= 4 is 5.97 Å². The lowest BCUT2D eigenvalue weighted by Crippen LogP contribution is -2.50. The highest BCUT2D eigenvalue weighted by molar-refractivity contribution is 5.77. The van der Waals surface area contributed by atoms with Crippen molar-refractivity contribution in [3.63, 3.8) is 0 Å². The van der Waals surface area contributed by atoms with E-state index in [1.54, 1.807) is 11.9 Å². The fraction of sp³-hybridized carbons (Fsp3) is 0.462. The summed E-state index contributed by atoms with van der Waals surface area (Å²) in [6.45, 7) is 1.10. The average molecular weight is 235 g/mol. The topological polar surface area (TPSA) is 49.8 Å². The van der Waals surface area contributed by atoms with Crippen LogP contribution >= 0.6 is 0 Å². The summed E-state index contributed by atoms with van der Waals surface area (Å²) in [7, 11) is 1.80. The third kappa shape index (κ3) is 2.33. The standard InChI is InChI=1S/C13H17NO3/c1-14-9-5-8-13(14,12(15)16)17-10-11-6-3-2-4-7-11/h2-4,6-7H,5,8-10H2,1H3,(H,15,16)/t13-/m0/s1. The monoisotopic (exact) mass is 235 g/mol. The average Bonchev–Trinajstić information content (AvgIpc) is 2.71. The van der Waals surface area contributed by atoms with Crippen molar-refractivity contribution in [3.8, 4) is 0 Å². The van der Waals surface area contributed by atoms with Crippen molar-refractivity contribution < 1.29 is 14.6 Å². The molecule has 0 aromatic heterocycles. The fourth-order valence-electron chi connectivity index (χ4n) is 2.22. The fourth-order valence-corrected chi connectivity index (χ4v) is 2.22. The van der Waals surface area contributed by atoms with Crippen LogP contribution in [-0.4, -0.2) is 35.3 Å². The Labute approximate surface area is 101 Å². The largest absolute Gasteiger partial charge is 0.478 e. The van der Waals surface area contributed by atoms with Gasteiger partial charge >= 0.3 is 5.97 Å². The Morgan fingerprint density at radius 2 is 2.18 bits per heavy atom. The number of likely N-dealkylation sites (tertiary alicyclic amines) is 1. The molecule has 1 N–H and O–H groups in total. The van der Waals surface area contributed by atoms with Gasteiger partial charge in [0.1, 0.15) is 0 Å². The molecule has 0 radical (unpaired) electrons. The van der Waals surface area contributed by atoms with Crippen LogP contribution in [0.4, 0.5) is 0 Å². The van der Waals surface area contributed by atoms with Crippen LogP contribution in [0.3, 0.4) is 0 Å². The van der Waals surface area contributed by atoms with E-state index in [1.807, 2.05) is 30.3 Å². The van der Waals surface area contributed by atoms with E-state index in [1.165, 1.54) is 0 Å². The third-order valence-corrected chi connectivity index (χ3v) is 3.28. The summed E-state index contributed by atoms with van der Waals surface area (Å²) < 4.78 is 5.68. The summed E-state index contributed by atoms with van der Waals surface area (Å²) >= 11 is 0. The van der Waals surface area contributed by atoms with Crippen LogP contribution in [0.5, 0.6) is 0 Å². The number of carbonyl (C=O) groups is 1. The number of rotatable bonds is 4. The Morgan fingerprint density at radius 1 is 1.47 bits per heavy atom. The molecule has 0 spiro atoms. The molecule has 0 aliphatic carbocycles. The Kier molecular flexibility index (Phi) is 3.45. The van der Waals surface area contributed by atoms with Gasteiger partial charge in [-0.3, -0.25) is 4.90 Å². The van der Waals surface area contributed by atoms with Gasteiger partial charge in [-0.2, -0.15) is 0 Å². The number of nitrogens with zero attached hydrogens (tertiary/aromatic N) is 1. The molecule has 1 aromatic rings. The summed E-state index contributed by atoms with van der Waals surface area (Å²) in [5.74, 6) is -0.895. The molecule has 1 fully saturated rings. The van der Waals surface area contributed by atoms with Crippen LogP contribution in [0.15, 0.2) is 30.3 Å². The van der Waals surface area contributed by atoms with Gasteiger partial charge in [-0.25, -0.2) is 4.79 Å². The molecule has 0 saturated carbocycles. The van der Waals surface area contributed by atoms with Crippen LogP contribution in [0.25, 0.3) is 0 Å². The number of benzene rings is 1. The summed E-state index contributed by atoms with van der Waals surface area (Å²) in [5, 5.41) is 9.35. The van der Waals surface area contributed by atoms with E-state index < -0.39 is 11.7 Å². The van der Waals surface area contributed by atoms with E-state index in [4.69, 9.17) is 4.74 Å². The highest BCUT2D eigenvalue weighted by atomic mass is 16.5. The molecule has 17 heavy (non-hydrogen) atoms. The maximum Gasteiger partial charge on any atom is 0.351 e. The lowest BCUT2D eigenvalue weighted by Gasteiger charge is -2.31. The number of hydrogen-bond acceptors (Lipinski definition) is 3. The van der Waals surface area contributed by atoms with Crippen LogP contribution in [0.2, 0.25) is 0 Å². The summed E-state index contributed by atoms with van der Waals surface area (Å²) in [5.41, 5.74) is -0.149. The first-order valence-electron chi connectivity index (χ1n) is 5.78. The minimum Gasteiger partial charge on any atom is -0.478 e. The molecule has 2 rings (SSSR count). The SMILES string of the molecule is CN1CCC[C@]1(OCc1ccccc1)C(=O)O. The Balaban J connectivity index is 2.07. The smallest absolute Gasteiger partial charge is 0.351 e. The molecule has 0 unspecified atom stereocenters. The van der Waals surface area contributed by atoms with Crippen molar-refractivity contribution in [2.45, 2.75) is 25.2 Å². The van der Waals surface area contributed by atoms with Gasteiger partial charge in [0.15, 0.2) is 0 Å². The van der Waals surface area contributed by atoms with E-state index >= 15 is 0 Å². The quantitative estimate of drug-likeness (QED) is 0.863. The molecule has 1 aliphatic rings. The van der Waals surface area contributed by atoms with E-state index in [-0.39, 0.29) is 0 Å². The molecular formula is C13H17NO3. The van der Waals surface area contributed by atoms with Crippen LogP contribution in [-0.2, 0) is 16.1 Å². The van der Waals surface area contributed by atoms with Crippen LogP contribution in [0.1, 0.15) is 18.4 Å². The van der Waals surface area contributed by atoms with Crippen molar-refractivity contribution in [1.82, 2.24) is 4.90 Å². The zero-order valence-electron chi connectivity index (χ0n) is 9.93. The summed E-state index contributed by atoms with van der Waals surface area (Å²) in [6.07, 6.45) is 1.41. The molecule has 0 amide bonds. The zero-order chi connectivity index (χ0) is 12.3. The van der Waals surface area contributed by atoms with Gasteiger partial charge in [-0.05, 0) is 19.0 Å². The van der Waals surface area contributed by atoms with E-state index in [0.29, 0.717) is 13.0 Å². The lowest BCUT2D eigenvalue weighted by molar-refractivity contribution is -0.190. The second-order valence-electron chi connectivity index (χ2n) is 4.39. The molecule has 1 saturated heterocycles. The third-order valence-electron chi connectivity index (χ3n) is 3.28. The molecule has 0 bridgehead atoms. The van der Waals surface area contributed by atoms with Crippen molar-refractivity contribution in [1.29, 1.82) is 0 Å². The van der Waals surface area contributed by atoms with Gasteiger partial charge in [0.2, 0.25) is 5.72 Å². The minimum atomic E-state index is -1.14. The van der Waals surface area contributed by atoms with Crippen LogP contribution < -0.4 is 0 Å². The molecule has 1 atom stereocenters. The molecule has 1 heterocycles. The van der Waals surface area contributed by atoms with Crippen molar-refractivity contribution in [3.05, 3.63) is 35.9 Å². The Hall–Kier alpha value is -1.39. The van der Waals surface area contributed by atoms with Gasteiger partial charge < -0.3 is 9.84 Å². The first-order chi connectivity index (χ1) is 8.15. The van der Waals surface area contributed by atoms with Gasteiger partial charge in [-0.1, -0.05) is 30.3 Å². The predicted molar refractivity (Wildman–Crippen MR) is 63.5 cm³/mol. The van der Waals surface area contributed by atoms with E-state index in [9.17, 15) is 9.90 Å². The molecule has 4 heteroatoms. The van der Waals surface area contributed by atoms with E-state index in [0.717, 1.165) is 18.5 Å². The van der Waals surface area contributed by atoms with E-state index in [2.05, 4.69) is 0 Å². The second-order valence-corrected chi connectivity index (χ2v) is 4.39. The first kappa shape index (κ1) is 12.1.